The fourth-order valence-corrected chi connectivity index (χ4v) is 6.12. The summed E-state index contributed by atoms with van der Waals surface area (Å²) >= 11 is 6.91. The van der Waals surface area contributed by atoms with Gasteiger partial charge >= 0.3 is 0 Å². The van der Waals surface area contributed by atoms with Crippen molar-refractivity contribution < 1.29 is 23.4 Å². The summed E-state index contributed by atoms with van der Waals surface area (Å²) in [6.45, 7) is 0.441. The van der Waals surface area contributed by atoms with E-state index >= 15 is 0 Å². The number of rotatable bonds is 9. The summed E-state index contributed by atoms with van der Waals surface area (Å²) in [5, 5.41) is 5.76. The van der Waals surface area contributed by atoms with Crippen molar-refractivity contribution in [2.24, 2.45) is 0 Å². The molecule has 3 heterocycles. The number of methoxy groups -OCH3 is 3. The molecular weight excluding hydrogens is 571 g/mol. The molecule has 3 aromatic carbocycles. The van der Waals surface area contributed by atoms with Gasteiger partial charge < -0.3 is 18.6 Å². The van der Waals surface area contributed by atoms with Gasteiger partial charge in [0.05, 0.1) is 31.9 Å². The number of hydrogen-bond donors (Lipinski definition) is 0. The highest BCUT2D eigenvalue weighted by Gasteiger charge is 2.32. The van der Waals surface area contributed by atoms with Gasteiger partial charge in [0.25, 0.3) is 5.91 Å². The first-order valence-corrected chi connectivity index (χ1v) is 14.4. The Balaban J connectivity index is 1.32. The average molecular weight is 598 g/mol. The second kappa shape index (κ2) is 11.8. The summed E-state index contributed by atoms with van der Waals surface area (Å²) in [5.41, 5.74) is 3.87. The predicted molar refractivity (Wildman–Crippen MR) is 168 cm³/mol. The van der Waals surface area contributed by atoms with Gasteiger partial charge in [-0.3, -0.25) is 9.69 Å². The van der Waals surface area contributed by atoms with Crippen LogP contribution in [0.25, 0.3) is 34.2 Å². The first-order valence-electron chi connectivity index (χ1n) is 13.2. The minimum atomic E-state index is -0.143. The van der Waals surface area contributed by atoms with E-state index in [1.165, 1.54) is 11.8 Å². The number of benzene rings is 3. The predicted octanol–water partition coefficient (Wildman–Crippen LogP) is 6.76. The number of hydrogen-bond acceptors (Lipinski definition) is 8. The van der Waals surface area contributed by atoms with Gasteiger partial charge in [0.2, 0.25) is 0 Å². The number of amides is 1. The van der Waals surface area contributed by atoms with Gasteiger partial charge in [-0.2, -0.15) is 5.10 Å². The van der Waals surface area contributed by atoms with Crippen LogP contribution in [-0.4, -0.2) is 52.8 Å². The molecular formula is C32H27N3O5S2. The molecule has 212 valence electrons. The summed E-state index contributed by atoms with van der Waals surface area (Å²) in [4.78, 5) is 15.7. The summed E-state index contributed by atoms with van der Waals surface area (Å²) < 4.78 is 24.8. The maximum Gasteiger partial charge on any atom is 0.266 e. The van der Waals surface area contributed by atoms with Crippen LogP contribution in [0.2, 0.25) is 0 Å². The first kappa shape index (κ1) is 27.6. The molecule has 1 amide bonds. The summed E-state index contributed by atoms with van der Waals surface area (Å²) in [5.74, 6) is 2.36. The second-order valence-corrected chi connectivity index (χ2v) is 11.2. The third-order valence-electron chi connectivity index (χ3n) is 6.96. The maximum absolute atomic E-state index is 13.6. The van der Waals surface area contributed by atoms with Crippen LogP contribution < -0.4 is 14.2 Å². The topological polar surface area (TPSA) is 79.0 Å². The number of furan rings is 1. The largest absolute Gasteiger partial charge is 0.493 e. The monoisotopic (exact) mass is 597 g/mol. The molecule has 0 saturated carbocycles. The van der Waals surface area contributed by atoms with Crippen LogP contribution in [0, 0.1) is 0 Å². The van der Waals surface area contributed by atoms with Crippen LogP contribution in [0.5, 0.6) is 17.2 Å². The van der Waals surface area contributed by atoms with Crippen molar-refractivity contribution in [2.45, 2.75) is 6.42 Å². The molecule has 0 spiro atoms. The zero-order chi connectivity index (χ0) is 29.2. The minimum absolute atomic E-state index is 0.143. The molecule has 1 saturated heterocycles. The molecule has 0 unspecified atom stereocenters. The lowest BCUT2D eigenvalue weighted by molar-refractivity contribution is -0.122. The smallest absolute Gasteiger partial charge is 0.266 e. The van der Waals surface area contributed by atoms with Gasteiger partial charge in [0.1, 0.15) is 10.0 Å². The molecule has 1 fully saturated rings. The van der Waals surface area contributed by atoms with Gasteiger partial charge in [-0.15, -0.1) is 0 Å². The number of thioether (sulfide) groups is 1. The third kappa shape index (κ3) is 5.26. The number of fused-ring (bicyclic) bond motifs is 1. The minimum Gasteiger partial charge on any atom is -0.493 e. The SMILES string of the molecule is COc1ccc(CCN2C(=O)/C(=C/c3cn(-c4ccccc4)nc3-c3cc4cccc(OC)c4o3)SC2=S)cc1OC. The zero-order valence-corrected chi connectivity index (χ0v) is 24.8. The molecule has 0 bridgehead atoms. The number of ether oxygens (including phenoxy) is 3. The molecule has 5 aromatic rings. The van der Waals surface area contributed by atoms with Crippen LogP contribution in [0.3, 0.4) is 0 Å². The van der Waals surface area contributed by atoms with Crippen molar-refractivity contribution >= 4 is 51.3 Å². The Hall–Kier alpha value is -4.54. The van der Waals surface area contributed by atoms with Crippen molar-refractivity contribution in [1.82, 2.24) is 14.7 Å². The number of para-hydroxylation sites is 2. The van der Waals surface area contributed by atoms with E-state index in [1.54, 1.807) is 30.9 Å². The van der Waals surface area contributed by atoms with E-state index in [-0.39, 0.29) is 5.91 Å². The fraction of sp³-hybridized carbons (Fsp3) is 0.156. The Bertz CT molecular complexity index is 1830. The van der Waals surface area contributed by atoms with E-state index in [0.29, 0.717) is 56.5 Å². The highest BCUT2D eigenvalue weighted by atomic mass is 32.2. The highest BCUT2D eigenvalue weighted by Crippen LogP contribution is 2.38. The van der Waals surface area contributed by atoms with E-state index < -0.39 is 0 Å². The van der Waals surface area contributed by atoms with Crippen LogP contribution in [0.15, 0.2) is 88.3 Å². The van der Waals surface area contributed by atoms with E-state index in [9.17, 15) is 4.79 Å². The summed E-state index contributed by atoms with van der Waals surface area (Å²) in [6.07, 6.45) is 4.34. The average Bonchev–Trinajstić information content (AvgIpc) is 3.71. The summed E-state index contributed by atoms with van der Waals surface area (Å²) in [7, 11) is 4.81. The van der Waals surface area contributed by atoms with Gasteiger partial charge in [-0.05, 0) is 54.5 Å². The maximum atomic E-state index is 13.6. The Morgan fingerprint density at radius 2 is 1.71 bits per heavy atom. The molecule has 1 aliphatic heterocycles. The van der Waals surface area contributed by atoms with E-state index in [0.717, 1.165) is 22.2 Å². The van der Waals surface area contributed by atoms with Crippen molar-refractivity contribution in [1.29, 1.82) is 0 Å². The number of carbonyl (C=O) groups excluding carboxylic acids is 1. The molecule has 2 aromatic heterocycles. The van der Waals surface area contributed by atoms with Crippen molar-refractivity contribution in [3.05, 3.63) is 95.0 Å². The van der Waals surface area contributed by atoms with E-state index in [4.69, 9.17) is 35.9 Å². The Morgan fingerprint density at radius 1 is 0.929 bits per heavy atom. The van der Waals surface area contributed by atoms with Crippen LogP contribution in [-0.2, 0) is 11.2 Å². The van der Waals surface area contributed by atoms with Crippen molar-refractivity contribution in [2.75, 3.05) is 27.9 Å². The standard InChI is InChI=1S/C32H27N3O5S2/c1-37-24-13-12-20(16-26(24)39-3)14-15-34-31(36)28(42-32(34)41)18-22-19-35(23-9-5-4-6-10-23)33-29(22)27-17-21-8-7-11-25(38-2)30(21)40-27/h4-13,16-19H,14-15H2,1-3H3/b28-18-. The molecule has 8 nitrogen and oxygen atoms in total. The van der Waals surface area contributed by atoms with Gasteiger partial charge in [0, 0.05) is 23.7 Å². The molecule has 0 atom stereocenters. The molecule has 0 aliphatic carbocycles. The molecule has 42 heavy (non-hydrogen) atoms. The lowest BCUT2D eigenvalue weighted by atomic mass is 10.1. The third-order valence-corrected chi connectivity index (χ3v) is 8.33. The second-order valence-electron chi connectivity index (χ2n) is 9.48. The van der Waals surface area contributed by atoms with Gasteiger partial charge in [-0.1, -0.05) is 60.4 Å². The number of nitrogens with zero attached hydrogens (tertiary/aromatic N) is 3. The molecule has 10 heteroatoms. The zero-order valence-electron chi connectivity index (χ0n) is 23.2. The fourth-order valence-electron chi connectivity index (χ4n) is 4.82. The van der Waals surface area contributed by atoms with Crippen molar-refractivity contribution in [3.8, 4) is 34.4 Å². The molecule has 6 rings (SSSR count). The summed E-state index contributed by atoms with van der Waals surface area (Å²) in [6, 6.07) is 23.2. The van der Waals surface area contributed by atoms with Crippen molar-refractivity contribution in [3.63, 3.8) is 0 Å². The quantitative estimate of drug-likeness (QED) is 0.136. The molecule has 0 radical (unpaired) electrons. The highest BCUT2D eigenvalue weighted by molar-refractivity contribution is 8.26. The number of thiocarbonyl (C=S) groups is 1. The van der Waals surface area contributed by atoms with E-state index in [2.05, 4.69) is 0 Å². The first-order chi connectivity index (χ1) is 20.5. The Kier molecular flexibility index (Phi) is 7.73. The molecule has 1 aliphatic rings. The number of aromatic nitrogens is 2. The van der Waals surface area contributed by atoms with Crippen LogP contribution >= 0.6 is 24.0 Å². The van der Waals surface area contributed by atoms with Gasteiger partial charge in [-0.25, -0.2) is 4.68 Å². The van der Waals surface area contributed by atoms with Gasteiger partial charge in [0.15, 0.2) is 28.6 Å². The van der Waals surface area contributed by atoms with Crippen LogP contribution in [0.1, 0.15) is 11.1 Å². The normalized spacial score (nSPS) is 14.3. The van der Waals surface area contributed by atoms with E-state index in [1.807, 2.05) is 85.1 Å². The van der Waals surface area contributed by atoms with Crippen LogP contribution in [0.4, 0.5) is 0 Å². The molecule has 0 N–H and O–H groups in total. The Morgan fingerprint density at radius 3 is 2.48 bits per heavy atom. The number of carbonyl (C=O) groups is 1. The lowest BCUT2D eigenvalue weighted by Crippen LogP contribution is -2.30. The Labute approximate surface area is 252 Å². The lowest BCUT2D eigenvalue weighted by Gasteiger charge is -2.15.